The smallest absolute Gasteiger partial charge is 0.263 e. The van der Waals surface area contributed by atoms with Crippen LogP contribution in [0.3, 0.4) is 0 Å². The van der Waals surface area contributed by atoms with Gasteiger partial charge in [0.2, 0.25) is 0 Å². The van der Waals surface area contributed by atoms with E-state index < -0.39 is 23.6 Å². The van der Waals surface area contributed by atoms with Crippen molar-refractivity contribution in [3.8, 4) is 0 Å². The zero-order valence-corrected chi connectivity index (χ0v) is 27.7. The Kier molecular flexibility index (Phi) is 10.9. The van der Waals surface area contributed by atoms with Crippen LogP contribution in [0, 0.1) is 0 Å². The summed E-state index contributed by atoms with van der Waals surface area (Å²) in [5.74, 6) is -2.39. The number of hydrogen-bond acceptors (Lipinski definition) is 4. The Morgan fingerprint density at radius 1 is 0.452 bits per heavy atom. The molecule has 0 saturated heterocycles. The predicted molar refractivity (Wildman–Crippen MR) is 171 cm³/mol. The van der Waals surface area contributed by atoms with E-state index in [0.29, 0.717) is 25.7 Å². The van der Waals surface area contributed by atoms with Crippen LogP contribution in [0.1, 0.15) is 146 Å². The second kappa shape index (κ2) is 13.8. The van der Waals surface area contributed by atoms with E-state index in [9.17, 15) is 19.2 Å². The molecule has 0 N–H and O–H groups in total. The van der Waals surface area contributed by atoms with Crippen molar-refractivity contribution in [1.82, 2.24) is 9.80 Å². The number of rotatable bonds is 14. The summed E-state index contributed by atoms with van der Waals surface area (Å²) in [6.07, 6.45) is 9.40. The first-order valence-corrected chi connectivity index (χ1v) is 16.7. The minimum atomic E-state index is -0.599. The summed E-state index contributed by atoms with van der Waals surface area (Å²) in [6.45, 7) is 8.20. The molecule has 0 spiro atoms. The number of carbonyl (C=O) groups is 4. The second-order valence-corrected chi connectivity index (χ2v) is 12.9. The summed E-state index contributed by atoms with van der Waals surface area (Å²) in [4.78, 5) is 59.1. The average molecular weight is 656 g/mol. The van der Waals surface area contributed by atoms with E-state index >= 15 is 0 Å². The maximum Gasteiger partial charge on any atom is 0.263 e. The van der Waals surface area contributed by atoms with E-state index in [0.717, 1.165) is 51.4 Å². The van der Waals surface area contributed by atoms with Crippen LogP contribution in [0.2, 0.25) is 20.1 Å². The van der Waals surface area contributed by atoms with Crippen LogP contribution in [-0.2, 0) is 0 Å². The largest absolute Gasteiger partial charge is 0.271 e. The molecule has 6 nitrogen and oxygen atoms in total. The summed E-state index contributed by atoms with van der Waals surface area (Å²) in [5, 5.41) is -0.340. The summed E-state index contributed by atoms with van der Waals surface area (Å²) >= 11 is 27.3. The van der Waals surface area contributed by atoms with E-state index in [1.165, 1.54) is 9.80 Å². The maximum absolute atomic E-state index is 14.2. The molecular formula is C32H38Cl4N2O4. The first-order valence-electron chi connectivity index (χ1n) is 15.2. The molecule has 10 heteroatoms. The Morgan fingerprint density at radius 3 is 0.857 bits per heavy atom. The molecule has 0 aliphatic carbocycles. The predicted octanol–water partition coefficient (Wildman–Crippen LogP) is 10.1. The van der Waals surface area contributed by atoms with Crippen molar-refractivity contribution in [1.29, 1.82) is 0 Å². The van der Waals surface area contributed by atoms with Crippen LogP contribution in [0.25, 0.3) is 10.8 Å². The number of carbonyl (C=O) groups excluding carboxylic acids is 4. The number of benzene rings is 2. The highest BCUT2D eigenvalue weighted by Gasteiger charge is 2.48. The van der Waals surface area contributed by atoms with Crippen LogP contribution in [-0.4, -0.2) is 45.5 Å². The highest BCUT2D eigenvalue weighted by atomic mass is 35.5. The summed E-state index contributed by atoms with van der Waals surface area (Å²) in [7, 11) is 0. The molecule has 2 aliphatic heterocycles. The van der Waals surface area contributed by atoms with Gasteiger partial charge in [0.1, 0.15) is 0 Å². The van der Waals surface area contributed by atoms with E-state index in [-0.39, 0.29) is 65.2 Å². The number of imide groups is 2. The van der Waals surface area contributed by atoms with Crippen LogP contribution in [0.4, 0.5) is 0 Å². The molecule has 0 unspecified atom stereocenters. The summed E-state index contributed by atoms with van der Waals surface area (Å²) in [5.41, 5.74) is -0.0726. The SMILES string of the molecule is CCCCC(CCCC)N1C(=O)c2c(Cl)c(Cl)c3c4c(c(Cl)c(Cl)c(c24)C1=O)C(=O)N(C(CCCC)CCCC)C3=O. The lowest BCUT2D eigenvalue weighted by Crippen LogP contribution is -2.49. The molecule has 2 heterocycles. The lowest BCUT2D eigenvalue weighted by atomic mass is 9.83. The van der Waals surface area contributed by atoms with Crippen molar-refractivity contribution < 1.29 is 19.2 Å². The molecule has 0 atom stereocenters. The monoisotopic (exact) mass is 654 g/mol. The zero-order valence-electron chi connectivity index (χ0n) is 24.7. The molecule has 0 radical (unpaired) electrons. The highest BCUT2D eigenvalue weighted by molar-refractivity contribution is 6.54. The Bertz CT molecular complexity index is 1240. The van der Waals surface area contributed by atoms with Gasteiger partial charge in [-0.15, -0.1) is 0 Å². The number of unbranched alkanes of at least 4 members (excludes halogenated alkanes) is 4. The zero-order chi connectivity index (χ0) is 30.9. The van der Waals surface area contributed by atoms with Gasteiger partial charge in [0.05, 0.1) is 42.3 Å². The first kappa shape index (κ1) is 33.0. The Morgan fingerprint density at radius 2 is 0.667 bits per heavy atom. The number of amides is 4. The maximum atomic E-state index is 14.2. The fourth-order valence-corrected chi connectivity index (χ4v) is 7.40. The minimum Gasteiger partial charge on any atom is -0.271 e. The molecule has 0 bridgehead atoms. The first-order chi connectivity index (χ1) is 20.1. The van der Waals surface area contributed by atoms with Gasteiger partial charge in [-0.1, -0.05) is 125 Å². The van der Waals surface area contributed by atoms with Gasteiger partial charge in [0.15, 0.2) is 0 Å². The lowest BCUT2D eigenvalue weighted by Gasteiger charge is -2.39. The fourth-order valence-electron chi connectivity index (χ4n) is 6.32. The molecule has 4 rings (SSSR count). The van der Waals surface area contributed by atoms with Crippen molar-refractivity contribution >= 4 is 80.8 Å². The standard InChI is InChI=1S/C32H38Cl4N2O4/c1-5-9-13-17(14-10-6-2)37-29(39)21-19-20-23(27(35)25(21)33)31(41)38(18(15-11-7-3)16-12-8-4)32(42)24(20)28(36)26(34)22(19)30(37)40/h17-18H,5-16H2,1-4H3. The molecule has 2 aromatic rings. The van der Waals surface area contributed by atoms with Gasteiger partial charge >= 0.3 is 0 Å². The quantitative estimate of drug-likeness (QED) is 0.190. The molecule has 4 amide bonds. The van der Waals surface area contributed by atoms with Crippen molar-refractivity contribution in [3.05, 3.63) is 42.3 Å². The molecule has 2 aromatic carbocycles. The Balaban J connectivity index is 2.00. The number of nitrogens with zero attached hydrogens (tertiary/aromatic N) is 2. The third-order valence-electron chi connectivity index (χ3n) is 8.54. The molecule has 0 aromatic heterocycles. The van der Waals surface area contributed by atoms with Gasteiger partial charge < -0.3 is 0 Å². The third kappa shape index (κ3) is 5.46. The van der Waals surface area contributed by atoms with Crippen LogP contribution in [0.15, 0.2) is 0 Å². The molecular weight excluding hydrogens is 618 g/mol. The number of hydrogen-bond donors (Lipinski definition) is 0. The Hall–Kier alpha value is -1.86. The molecule has 228 valence electrons. The molecule has 2 aliphatic rings. The van der Waals surface area contributed by atoms with Gasteiger partial charge in [-0.2, -0.15) is 0 Å². The lowest BCUT2D eigenvalue weighted by molar-refractivity contribution is 0.0496. The van der Waals surface area contributed by atoms with E-state index in [2.05, 4.69) is 0 Å². The van der Waals surface area contributed by atoms with Gasteiger partial charge in [0, 0.05) is 22.9 Å². The normalized spacial score (nSPS) is 14.9. The summed E-state index contributed by atoms with van der Waals surface area (Å²) < 4.78 is 0. The molecule has 0 saturated carbocycles. The minimum absolute atomic E-state index is 0.0182. The Labute approximate surface area is 268 Å². The van der Waals surface area contributed by atoms with Crippen LogP contribution in [0.5, 0.6) is 0 Å². The highest BCUT2D eigenvalue weighted by Crippen LogP contribution is 2.51. The van der Waals surface area contributed by atoms with Crippen molar-refractivity contribution in [2.45, 2.75) is 117 Å². The van der Waals surface area contributed by atoms with Crippen molar-refractivity contribution in [2.75, 3.05) is 0 Å². The van der Waals surface area contributed by atoms with Crippen molar-refractivity contribution in [2.24, 2.45) is 0 Å². The van der Waals surface area contributed by atoms with E-state index in [1.54, 1.807) is 0 Å². The third-order valence-corrected chi connectivity index (χ3v) is 10.2. The number of halogens is 4. The summed E-state index contributed by atoms with van der Waals surface area (Å²) in [6, 6.07) is -0.747. The average Bonchev–Trinajstić information content (AvgIpc) is 2.96. The van der Waals surface area contributed by atoms with Gasteiger partial charge in [-0.05, 0) is 25.7 Å². The molecule has 0 fully saturated rings. The van der Waals surface area contributed by atoms with E-state index in [1.807, 2.05) is 27.7 Å². The van der Waals surface area contributed by atoms with Crippen LogP contribution >= 0.6 is 46.4 Å². The van der Waals surface area contributed by atoms with Gasteiger partial charge in [-0.25, -0.2) is 0 Å². The molecule has 42 heavy (non-hydrogen) atoms. The van der Waals surface area contributed by atoms with Gasteiger partial charge in [-0.3, -0.25) is 29.0 Å². The van der Waals surface area contributed by atoms with Gasteiger partial charge in [0.25, 0.3) is 23.6 Å². The van der Waals surface area contributed by atoms with E-state index in [4.69, 9.17) is 46.4 Å². The fraction of sp³-hybridized carbons (Fsp3) is 0.562. The van der Waals surface area contributed by atoms with Crippen molar-refractivity contribution in [3.63, 3.8) is 0 Å². The van der Waals surface area contributed by atoms with Crippen LogP contribution < -0.4 is 0 Å². The topological polar surface area (TPSA) is 74.8 Å². The second-order valence-electron chi connectivity index (χ2n) is 11.3.